The zero-order valence-electron chi connectivity index (χ0n) is 11.6. The van der Waals surface area contributed by atoms with Gasteiger partial charge in [-0.25, -0.2) is 0 Å². The average molecular weight is 314 g/mol. The van der Waals surface area contributed by atoms with Gasteiger partial charge in [0.15, 0.2) is 4.67 Å². The Hall–Kier alpha value is -0.280. The van der Waals surface area contributed by atoms with Crippen molar-refractivity contribution in [1.82, 2.24) is 5.32 Å². The maximum atomic E-state index is 5.77. The van der Waals surface area contributed by atoms with Gasteiger partial charge in [-0.05, 0) is 65.2 Å². The molecule has 2 rings (SSSR count). The van der Waals surface area contributed by atoms with Crippen LogP contribution < -0.4 is 5.32 Å². The molecule has 1 N–H and O–H groups in total. The summed E-state index contributed by atoms with van der Waals surface area (Å²) in [6.07, 6.45) is 3.95. The fourth-order valence-corrected chi connectivity index (χ4v) is 3.43. The zero-order valence-corrected chi connectivity index (χ0v) is 13.2. The molecule has 1 heterocycles. The SMILES string of the molecule is CCNC(c1ccc(Br)o1)C1CCC(C)C(C)C1. The van der Waals surface area contributed by atoms with E-state index < -0.39 is 0 Å². The summed E-state index contributed by atoms with van der Waals surface area (Å²) in [5.74, 6) is 3.47. The average Bonchev–Trinajstić information content (AvgIpc) is 2.76. The van der Waals surface area contributed by atoms with Crippen LogP contribution in [0.5, 0.6) is 0 Å². The van der Waals surface area contributed by atoms with Gasteiger partial charge in [0, 0.05) is 0 Å². The summed E-state index contributed by atoms with van der Waals surface area (Å²) < 4.78 is 6.60. The van der Waals surface area contributed by atoms with Gasteiger partial charge in [-0.15, -0.1) is 0 Å². The minimum absolute atomic E-state index is 0.372. The molecule has 0 amide bonds. The Kier molecular flexibility index (Phi) is 4.91. The van der Waals surface area contributed by atoms with Crippen LogP contribution in [0.4, 0.5) is 0 Å². The van der Waals surface area contributed by atoms with Crippen molar-refractivity contribution in [2.24, 2.45) is 17.8 Å². The lowest BCUT2D eigenvalue weighted by Crippen LogP contribution is -2.33. The number of hydrogen-bond donors (Lipinski definition) is 1. The molecule has 1 aliphatic carbocycles. The number of nitrogens with one attached hydrogen (secondary N) is 1. The zero-order chi connectivity index (χ0) is 13.1. The van der Waals surface area contributed by atoms with Crippen molar-refractivity contribution in [2.45, 2.75) is 46.1 Å². The minimum Gasteiger partial charge on any atom is -0.453 e. The lowest BCUT2D eigenvalue weighted by Gasteiger charge is -2.36. The highest BCUT2D eigenvalue weighted by Crippen LogP contribution is 2.40. The Morgan fingerprint density at radius 2 is 2.11 bits per heavy atom. The second-order valence-electron chi connectivity index (χ2n) is 5.70. The normalized spacial score (nSPS) is 30.3. The van der Waals surface area contributed by atoms with Crippen LogP contribution in [0.2, 0.25) is 0 Å². The van der Waals surface area contributed by atoms with Gasteiger partial charge in [-0.3, -0.25) is 0 Å². The summed E-state index contributed by atoms with van der Waals surface area (Å²) in [6.45, 7) is 7.92. The lowest BCUT2D eigenvalue weighted by atomic mass is 9.73. The Morgan fingerprint density at radius 3 is 2.67 bits per heavy atom. The summed E-state index contributed by atoms with van der Waals surface area (Å²) in [5.41, 5.74) is 0. The number of halogens is 1. The second kappa shape index (κ2) is 6.25. The number of furan rings is 1. The predicted molar refractivity (Wildman–Crippen MR) is 78.5 cm³/mol. The molecule has 1 aliphatic rings. The molecule has 1 fully saturated rings. The smallest absolute Gasteiger partial charge is 0.169 e. The molecule has 0 saturated heterocycles. The van der Waals surface area contributed by atoms with E-state index >= 15 is 0 Å². The Morgan fingerprint density at radius 1 is 1.33 bits per heavy atom. The molecule has 1 aromatic rings. The van der Waals surface area contributed by atoms with E-state index in [4.69, 9.17) is 4.42 Å². The Balaban J connectivity index is 2.10. The molecular formula is C15H24BrNO. The topological polar surface area (TPSA) is 25.2 Å². The highest BCUT2D eigenvalue weighted by atomic mass is 79.9. The third kappa shape index (κ3) is 3.18. The first kappa shape index (κ1) is 14.1. The summed E-state index contributed by atoms with van der Waals surface area (Å²) in [4.78, 5) is 0. The molecule has 4 atom stereocenters. The van der Waals surface area contributed by atoms with E-state index in [9.17, 15) is 0 Å². The van der Waals surface area contributed by atoms with Gasteiger partial charge in [0.1, 0.15) is 5.76 Å². The number of hydrogen-bond acceptors (Lipinski definition) is 2. The maximum Gasteiger partial charge on any atom is 0.169 e. The molecule has 0 bridgehead atoms. The van der Waals surface area contributed by atoms with Crippen molar-refractivity contribution < 1.29 is 4.42 Å². The van der Waals surface area contributed by atoms with Crippen LogP contribution >= 0.6 is 15.9 Å². The Bertz CT molecular complexity index is 376. The molecule has 3 heteroatoms. The van der Waals surface area contributed by atoms with Crippen LogP contribution in [-0.2, 0) is 0 Å². The van der Waals surface area contributed by atoms with E-state index in [-0.39, 0.29) is 0 Å². The molecule has 2 nitrogen and oxygen atoms in total. The largest absolute Gasteiger partial charge is 0.453 e. The number of rotatable bonds is 4. The molecule has 4 unspecified atom stereocenters. The molecule has 0 radical (unpaired) electrons. The summed E-state index contributed by atoms with van der Waals surface area (Å²) >= 11 is 3.40. The summed E-state index contributed by atoms with van der Waals surface area (Å²) in [7, 11) is 0. The molecule has 0 spiro atoms. The van der Waals surface area contributed by atoms with Gasteiger partial charge in [0.05, 0.1) is 6.04 Å². The van der Waals surface area contributed by atoms with Gasteiger partial charge >= 0.3 is 0 Å². The van der Waals surface area contributed by atoms with Crippen molar-refractivity contribution in [3.05, 3.63) is 22.6 Å². The van der Waals surface area contributed by atoms with E-state index in [1.807, 2.05) is 6.07 Å². The first-order valence-electron chi connectivity index (χ1n) is 7.10. The minimum atomic E-state index is 0.372. The highest BCUT2D eigenvalue weighted by Gasteiger charge is 2.32. The molecule has 1 aromatic heterocycles. The highest BCUT2D eigenvalue weighted by molar-refractivity contribution is 9.10. The standard InChI is InChI=1S/C15H24BrNO/c1-4-17-15(13-7-8-14(16)18-13)12-6-5-10(2)11(3)9-12/h7-8,10-12,15,17H,4-6,9H2,1-3H3. The first-order chi connectivity index (χ1) is 8.61. The van der Waals surface area contributed by atoms with Gasteiger partial charge in [-0.1, -0.05) is 27.2 Å². The van der Waals surface area contributed by atoms with Crippen LogP contribution in [0.1, 0.15) is 51.8 Å². The first-order valence-corrected chi connectivity index (χ1v) is 7.89. The molecule has 1 saturated carbocycles. The third-order valence-electron chi connectivity index (χ3n) is 4.43. The van der Waals surface area contributed by atoms with Gasteiger partial charge < -0.3 is 9.73 Å². The van der Waals surface area contributed by atoms with Crippen LogP contribution in [0.3, 0.4) is 0 Å². The van der Waals surface area contributed by atoms with Crippen LogP contribution in [-0.4, -0.2) is 6.54 Å². The third-order valence-corrected chi connectivity index (χ3v) is 4.86. The fraction of sp³-hybridized carbons (Fsp3) is 0.733. The summed E-state index contributed by atoms with van der Waals surface area (Å²) in [5, 5.41) is 3.60. The van der Waals surface area contributed by atoms with E-state index in [2.05, 4.69) is 48.1 Å². The van der Waals surface area contributed by atoms with Gasteiger partial charge in [-0.2, -0.15) is 0 Å². The van der Waals surface area contributed by atoms with E-state index in [1.165, 1.54) is 19.3 Å². The monoisotopic (exact) mass is 313 g/mol. The summed E-state index contributed by atoms with van der Waals surface area (Å²) in [6, 6.07) is 4.46. The Labute approximate surface area is 119 Å². The van der Waals surface area contributed by atoms with Crippen LogP contribution in [0.25, 0.3) is 0 Å². The van der Waals surface area contributed by atoms with E-state index in [0.717, 1.165) is 28.8 Å². The molecule has 18 heavy (non-hydrogen) atoms. The van der Waals surface area contributed by atoms with Crippen molar-refractivity contribution in [2.75, 3.05) is 6.54 Å². The fourth-order valence-electron chi connectivity index (χ4n) is 3.11. The van der Waals surface area contributed by atoms with Gasteiger partial charge in [0.25, 0.3) is 0 Å². The second-order valence-corrected chi connectivity index (χ2v) is 6.49. The van der Waals surface area contributed by atoms with Crippen molar-refractivity contribution in [3.63, 3.8) is 0 Å². The van der Waals surface area contributed by atoms with E-state index in [1.54, 1.807) is 0 Å². The molecule has 102 valence electrons. The van der Waals surface area contributed by atoms with E-state index in [0.29, 0.717) is 12.0 Å². The van der Waals surface area contributed by atoms with Crippen molar-refractivity contribution in [1.29, 1.82) is 0 Å². The van der Waals surface area contributed by atoms with Crippen molar-refractivity contribution >= 4 is 15.9 Å². The lowest BCUT2D eigenvalue weighted by molar-refractivity contribution is 0.160. The molecular weight excluding hydrogens is 290 g/mol. The van der Waals surface area contributed by atoms with Crippen molar-refractivity contribution in [3.8, 4) is 0 Å². The predicted octanol–water partition coefficient (Wildman–Crippen LogP) is 4.77. The quantitative estimate of drug-likeness (QED) is 0.866. The maximum absolute atomic E-state index is 5.77. The molecule has 0 aromatic carbocycles. The van der Waals surface area contributed by atoms with Gasteiger partial charge in [0.2, 0.25) is 0 Å². The molecule has 0 aliphatic heterocycles. The van der Waals surface area contributed by atoms with Crippen LogP contribution in [0, 0.1) is 17.8 Å². The van der Waals surface area contributed by atoms with Crippen LogP contribution in [0.15, 0.2) is 21.2 Å².